The maximum Gasteiger partial charge on any atom is 0.408 e. The molecule has 1 atom stereocenters. The second-order valence-corrected chi connectivity index (χ2v) is 8.94. The van der Waals surface area contributed by atoms with Gasteiger partial charge >= 0.3 is 6.09 Å². The van der Waals surface area contributed by atoms with Crippen LogP contribution in [0.1, 0.15) is 84.4 Å². The van der Waals surface area contributed by atoms with Crippen molar-refractivity contribution in [3.8, 4) is 0 Å². The Morgan fingerprint density at radius 1 is 0.969 bits per heavy atom. The Labute approximate surface area is 193 Å². The predicted molar refractivity (Wildman–Crippen MR) is 127 cm³/mol. The molecule has 1 rings (SSSR count). The average Bonchev–Trinajstić information content (AvgIpc) is 2.74. The minimum absolute atomic E-state index is 0.204. The number of unbranched alkanes of at least 4 members (excludes halogenated alkanes) is 2. The van der Waals surface area contributed by atoms with E-state index in [1.165, 1.54) is 0 Å². The van der Waals surface area contributed by atoms with Crippen molar-refractivity contribution in [1.29, 1.82) is 0 Å². The molecule has 0 aliphatic carbocycles. The lowest BCUT2D eigenvalue weighted by Gasteiger charge is -2.31. The normalized spacial score (nSPS) is 12.1. The van der Waals surface area contributed by atoms with E-state index in [0.29, 0.717) is 19.5 Å². The molecule has 180 valence electrons. The van der Waals surface area contributed by atoms with Crippen molar-refractivity contribution in [3.05, 3.63) is 35.4 Å². The van der Waals surface area contributed by atoms with E-state index < -0.39 is 17.7 Å². The van der Waals surface area contributed by atoms with Gasteiger partial charge in [0.05, 0.1) is 0 Å². The number of benzene rings is 1. The van der Waals surface area contributed by atoms with Gasteiger partial charge in [-0.15, -0.1) is 0 Å². The first-order valence-electron chi connectivity index (χ1n) is 11.8. The number of nitrogens with one attached hydrogen (secondary N) is 2. The smallest absolute Gasteiger partial charge is 0.408 e. The summed E-state index contributed by atoms with van der Waals surface area (Å²) >= 11 is 0. The van der Waals surface area contributed by atoms with Crippen LogP contribution in [0.25, 0.3) is 0 Å². The highest BCUT2D eigenvalue weighted by Gasteiger charge is 2.31. The zero-order chi connectivity index (χ0) is 24.1. The van der Waals surface area contributed by atoms with Crippen molar-refractivity contribution < 1.29 is 19.1 Å². The molecule has 0 bridgehead atoms. The number of hydrogen-bond acceptors (Lipinski definition) is 4. The molecule has 2 N–H and O–H groups in total. The maximum absolute atomic E-state index is 13.2. The Morgan fingerprint density at radius 3 is 2.16 bits per heavy atom. The van der Waals surface area contributed by atoms with E-state index in [2.05, 4.69) is 24.5 Å². The number of carbonyl (C=O) groups is 3. The number of nitrogens with zero attached hydrogens (tertiary/aromatic N) is 1. The highest BCUT2D eigenvalue weighted by atomic mass is 16.6. The Hall–Kier alpha value is -2.57. The topological polar surface area (TPSA) is 87.7 Å². The Morgan fingerprint density at radius 2 is 1.62 bits per heavy atom. The van der Waals surface area contributed by atoms with E-state index in [0.717, 1.165) is 36.8 Å². The van der Waals surface area contributed by atoms with E-state index in [1.807, 2.05) is 31.2 Å². The molecule has 0 aliphatic heterocycles. The Balaban J connectivity index is 3.06. The molecule has 7 nitrogen and oxygen atoms in total. The van der Waals surface area contributed by atoms with Crippen molar-refractivity contribution in [2.45, 2.75) is 85.3 Å². The summed E-state index contributed by atoms with van der Waals surface area (Å²) in [6.45, 7) is 12.2. The van der Waals surface area contributed by atoms with Crippen LogP contribution in [0.15, 0.2) is 24.3 Å². The lowest BCUT2D eigenvalue weighted by Crippen LogP contribution is -2.48. The number of hydrogen-bond donors (Lipinski definition) is 2. The number of carbonyl (C=O) groups excluding carboxylic acids is 3. The zero-order valence-electron chi connectivity index (χ0n) is 20.6. The molecule has 0 aromatic heterocycles. The average molecular weight is 448 g/mol. The summed E-state index contributed by atoms with van der Waals surface area (Å²) in [7, 11) is 0. The molecule has 0 saturated heterocycles. The molecular weight excluding hydrogens is 406 g/mol. The Bertz CT molecular complexity index is 726. The monoisotopic (exact) mass is 447 g/mol. The lowest BCUT2D eigenvalue weighted by atomic mass is 10.0. The molecule has 0 spiro atoms. The molecule has 3 amide bonds. The second-order valence-electron chi connectivity index (χ2n) is 8.94. The largest absolute Gasteiger partial charge is 0.444 e. The van der Waals surface area contributed by atoms with Gasteiger partial charge in [-0.05, 0) is 51.2 Å². The van der Waals surface area contributed by atoms with Crippen LogP contribution >= 0.6 is 0 Å². The molecule has 1 aromatic carbocycles. The second kappa shape index (κ2) is 13.8. The van der Waals surface area contributed by atoms with E-state index in [4.69, 9.17) is 4.74 Å². The quantitative estimate of drug-likeness (QED) is 0.466. The summed E-state index contributed by atoms with van der Waals surface area (Å²) in [5.74, 6) is -0.532. The van der Waals surface area contributed by atoms with Gasteiger partial charge < -0.3 is 20.3 Å². The van der Waals surface area contributed by atoms with Crippen LogP contribution in [0.4, 0.5) is 4.79 Å². The molecule has 7 heteroatoms. The maximum atomic E-state index is 13.2. The minimum atomic E-state index is -0.754. The first kappa shape index (κ1) is 27.5. The summed E-state index contributed by atoms with van der Waals surface area (Å²) in [6, 6.07) is 7.04. The van der Waals surface area contributed by atoms with E-state index >= 15 is 0 Å². The standard InChI is InChI=1S/C25H41N3O4/c1-7-10-11-16-26-23(30)22(20-14-12-19(9-3)13-15-20)28(17-8-2)21(29)18-27-24(31)32-25(4,5)6/h12-15,22H,7-11,16-18H2,1-6H3,(H,26,30)(H,27,31). The van der Waals surface area contributed by atoms with Crippen molar-refractivity contribution in [2.75, 3.05) is 19.6 Å². The fraction of sp³-hybridized carbons (Fsp3) is 0.640. The number of alkyl carbamates (subject to hydrolysis) is 1. The van der Waals surface area contributed by atoms with E-state index in [-0.39, 0.29) is 18.4 Å². The highest BCUT2D eigenvalue weighted by Crippen LogP contribution is 2.23. The summed E-state index contributed by atoms with van der Waals surface area (Å²) in [5.41, 5.74) is 1.27. The molecule has 0 saturated carbocycles. The van der Waals surface area contributed by atoms with Crippen LogP contribution in [0.5, 0.6) is 0 Å². The van der Waals surface area contributed by atoms with E-state index in [1.54, 1.807) is 25.7 Å². The van der Waals surface area contributed by atoms with Crippen LogP contribution in [0.2, 0.25) is 0 Å². The van der Waals surface area contributed by atoms with Gasteiger partial charge in [0.15, 0.2) is 0 Å². The van der Waals surface area contributed by atoms with Crippen molar-refractivity contribution in [3.63, 3.8) is 0 Å². The minimum Gasteiger partial charge on any atom is -0.444 e. The van der Waals surface area contributed by atoms with Crippen LogP contribution in [-0.2, 0) is 20.7 Å². The molecule has 0 aliphatic rings. The number of rotatable bonds is 12. The van der Waals surface area contributed by atoms with Gasteiger partial charge in [-0.1, -0.05) is 57.9 Å². The number of amides is 3. The number of ether oxygens (including phenoxy) is 1. The first-order chi connectivity index (χ1) is 15.1. The summed E-state index contributed by atoms with van der Waals surface area (Å²) in [4.78, 5) is 39.8. The van der Waals surface area contributed by atoms with Crippen molar-refractivity contribution >= 4 is 17.9 Å². The van der Waals surface area contributed by atoms with Crippen LogP contribution in [0, 0.1) is 0 Å². The predicted octanol–water partition coefficient (Wildman–Crippen LogP) is 4.36. The van der Waals surface area contributed by atoms with Crippen molar-refractivity contribution in [1.82, 2.24) is 15.5 Å². The molecular formula is C25H41N3O4. The van der Waals surface area contributed by atoms with Crippen LogP contribution in [-0.4, -0.2) is 48.0 Å². The summed E-state index contributed by atoms with van der Waals surface area (Å²) in [5, 5.41) is 5.51. The van der Waals surface area contributed by atoms with Gasteiger partial charge in [0.25, 0.3) is 0 Å². The van der Waals surface area contributed by atoms with Gasteiger partial charge in [0.2, 0.25) is 11.8 Å². The SMILES string of the molecule is CCCCCNC(=O)C(c1ccc(CC)cc1)N(CCC)C(=O)CNC(=O)OC(C)(C)C. The molecule has 32 heavy (non-hydrogen) atoms. The fourth-order valence-corrected chi connectivity index (χ4v) is 3.29. The molecule has 0 radical (unpaired) electrons. The van der Waals surface area contributed by atoms with Gasteiger partial charge in [-0.3, -0.25) is 9.59 Å². The van der Waals surface area contributed by atoms with Crippen molar-refractivity contribution in [2.24, 2.45) is 0 Å². The first-order valence-corrected chi connectivity index (χ1v) is 11.8. The Kier molecular flexibility index (Phi) is 11.8. The molecule has 1 aromatic rings. The summed E-state index contributed by atoms with van der Waals surface area (Å²) in [6.07, 6.45) is 3.92. The number of aryl methyl sites for hydroxylation is 1. The van der Waals surface area contributed by atoms with E-state index in [9.17, 15) is 14.4 Å². The fourth-order valence-electron chi connectivity index (χ4n) is 3.29. The highest BCUT2D eigenvalue weighted by molar-refractivity contribution is 5.90. The third-order valence-electron chi connectivity index (χ3n) is 4.91. The van der Waals surface area contributed by atoms with Crippen LogP contribution < -0.4 is 10.6 Å². The van der Waals surface area contributed by atoms with Gasteiger partial charge in [-0.2, -0.15) is 0 Å². The van der Waals surface area contributed by atoms with Crippen LogP contribution in [0.3, 0.4) is 0 Å². The third kappa shape index (κ3) is 9.71. The third-order valence-corrected chi connectivity index (χ3v) is 4.91. The van der Waals surface area contributed by atoms with Gasteiger partial charge in [0, 0.05) is 13.1 Å². The summed E-state index contributed by atoms with van der Waals surface area (Å²) < 4.78 is 5.22. The molecule has 1 unspecified atom stereocenters. The lowest BCUT2D eigenvalue weighted by molar-refractivity contribution is -0.140. The molecule has 0 fully saturated rings. The van der Waals surface area contributed by atoms with Gasteiger partial charge in [-0.25, -0.2) is 4.79 Å². The zero-order valence-corrected chi connectivity index (χ0v) is 20.6. The van der Waals surface area contributed by atoms with Gasteiger partial charge in [0.1, 0.15) is 18.2 Å². The molecule has 0 heterocycles.